The van der Waals surface area contributed by atoms with Gasteiger partial charge in [0.2, 0.25) is 0 Å². The Balaban J connectivity index is 1.73. The van der Waals surface area contributed by atoms with Crippen LogP contribution >= 0.6 is 0 Å². The quantitative estimate of drug-likeness (QED) is 0.754. The molecule has 1 aliphatic rings. The highest BCUT2D eigenvalue weighted by molar-refractivity contribution is 5.97. The molecular weight excluding hydrogens is 332 g/mol. The predicted octanol–water partition coefficient (Wildman–Crippen LogP) is 2.44. The normalized spacial score (nSPS) is 13.1. The van der Waals surface area contributed by atoms with Gasteiger partial charge in [-0.1, -0.05) is 0 Å². The maximum absolute atomic E-state index is 12.0. The fourth-order valence-electron chi connectivity index (χ4n) is 3.05. The third-order valence-corrected chi connectivity index (χ3v) is 4.38. The number of carbonyl (C=O) groups excluding carboxylic acids is 1. The Kier molecular flexibility index (Phi) is 4.04. The lowest BCUT2D eigenvalue weighted by Gasteiger charge is -2.11. The summed E-state index contributed by atoms with van der Waals surface area (Å²) in [5, 5.41) is 2.85. The van der Waals surface area contributed by atoms with Crippen molar-refractivity contribution in [2.45, 2.75) is 6.42 Å². The third-order valence-electron chi connectivity index (χ3n) is 4.38. The molecule has 0 bridgehead atoms. The highest BCUT2D eigenvalue weighted by atomic mass is 16.5. The molecule has 4 rings (SSSR count). The maximum atomic E-state index is 12.0. The average Bonchev–Trinajstić information content (AvgIpc) is 3.13. The van der Waals surface area contributed by atoms with Crippen molar-refractivity contribution in [1.29, 1.82) is 0 Å². The summed E-state index contributed by atoms with van der Waals surface area (Å²) in [5.74, 6) is 1.78. The van der Waals surface area contributed by atoms with Crippen LogP contribution in [-0.4, -0.2) is 41.6 Å². The van der Waals surface area contributed by atoms with Crippen molar-refractivity contribution in [3.63, 3.8) is 0 Å². The van der Waals surface area contributed by atoms with Crippen molar-refractivity contribution in [1.82, 2.24) is 20.3 Å². The molecule has 7 heteroatoms. The van der Waals surface area contributed by atoms with E-state index in [9.17, 15) is 4.79 Å². The Morgan fingerprint density at radius 1 is 1.08 bits per heavy atom. The SMILES string of the molecule is COc1ccc(-c2nccc(-c3cc4c([nH]3)CCNC4=O)n2)cc1OC. The van der Waals surface area contributed by atoms with Gasteiger partial charge < -0.3 is 19.8 Å². The molecule has 1 aliphatic heterocycles. The number of hydrogen-bond donors (Lipinski definition) is 2. The van der Waals surface area contributed by atoms with Crippen LogP contribution in [0.3, 0.4) is 0 Å². The predicted molar refractivity (Wildman–Crippen MR) is 96.4 cm³/mol. The second kappa shape index (κ2) is 6.51. The van der Waals surface area contributed by atoms with Gasteiger partial charge in [-0.2, -0.15) is 0 Å². The number of nitrogens with zero attached hydrogens (tertiary/aromatic N) is 2. The fraction of sp³-hybridized carbons (Fsp3) is 0.211. The topological polar surface area (TPSA) is 89.1 Å². The summed E-state index contributed by atoms with van der Waals surface area (Å²) in [7, 11) is 3.19. The van der Waals surface area contributed by atoms with Crippen LogP contribution in [0, 0.1) is 0 Å². The molecule has 0 saturated carbocycles. The van der Waals surface area contributed by atoms with Crippen LogP contribution in [-0.2, 0) is 6.42 Å². The van der Waals surface area contributed by atoms with Crippen molar-refractivity contribution in [2.24, 2.45) is 0 Å². The van der Waals surface area contributed by atoms with E-state index in [1.165, 1.54) is 0 Å². The summed E-state index contributed by atoms with van der Waals surface area (Å²) in [5.41, 5.74) is 3.97. The lowest BCUT2D eigenvalue weighted by atomic mass is 10.1. The first-order chi connectivity index (χ1) is 12.7. The first-order valence-corrected chi connectivity index (χ1v) is 8.25. The van der Waals surface area contributed by atoms with E-state index in [1.54, 1.807) is 20.4 Å². The molecule has 1 aromatic carbocycles. The number of aromatic nitrogens is 3. The van der Waals surface area contributed by atoms with Gasteiger partial charge in [0, 0.05) is 30.4 Å². The summed E-state index contributed by atoms with van der Waals surface area (Å²) >= 11 is 0. The van der Waals surface area contributed by atoms with Crippen molar-refractivity contribution in [3.05, 3.63) is 47.8 Å². The third kappa shape index (κ3) is 2.77. The molecule has 0 radical (unpaired) electrons. The number of amides is 1. The molecular formula is C19H18N4O3. The van der Waals surface area contributed by atoms with Crippen LogP contribution in [0.15, 0.2) is 36.5 Å². The number of aromatic amines is 1. The van der Waals surface area contributed by atoms with Crippen LogP contribution in [0.4, 0.5) is 0 Å². The van der Waals surface area contributed by atoms with Gasteiger partial charge in [0.1, 0.15) is 0 Å². The highest BCUT2D eigenvalue weighted by Crippen LogP contribution is 2.31. The molecule has 0 aliphatic carbocycles. The summed E-state index contributed by atoms with van der Waals surface area (Å²) in [6, 6.07) is 9.20. The van der Waals surface area contributed by atoms with Crippen molar-refractivity contribution >= 4 is 5.91 Å². The number of methoxy groups -OCH3 is 2. The molecule has 0 fully saturated rings. The van der Waals surface area contributed by atoms with Crippen molar-refractivity contribution in [2.75, 3.05) is 20.8 Å². The van der Waals surface area contributed by atoms with Gasteiger partial charge in [0.25, 0.3) is 5.91 Å². The van der Waals surface area contributed by atoms with Gasteiger partial charge in [-0.3, -0.25) is 4.79 Å². The Bertz CT molecular complexity index is 981. The highest BCUT2D eigenvalue weighted by Gasteiger charge is 2.20. The molecule has 1 amide bonds. The second-order valence-corrected chi connectivity index (χ2v) is 5.92. The zero-order chi connectivity index (χ0) is 18.1. The molecule has 3 heterocycles. The van der Waals surface area contributed by atoms with E-state index in [1.807, 2.05) is 30.3 Å². The van der Waals surface area contributed by atoms with E-state index in [0.717, 1.165) is 29.1 Å². The molecule has 3 aromatic rings. The van der Waals surface area contributed by atoms with Gasteiger partial charge in [-0.05, 0) is 30.3 Å². The van der Waals surface area contributed by atoms with Gasteiger partial charge in [0.05, 0.1) is 31.2 Å². The van der Waals surface area contributed by atoms with E-state index in [-0.39, 0.29) is 5.91 Å². The maximum Gasteiger partial charge on any atom is 0.253 e. The van der Waals surface area contributed by atoms with Gasteiger partial charge in [-0.15, -0.1) is 0 Å². The van der Waals surface area contributed by atoms with Crippen LogP contribution in [0.5, 0.6) is 11.5 Å². The van der Waals surface area contributed by atoms with Crippen molar-refractivity contribution < 1.29 is 14.3 Å². The molecule has 7 nitrogen and oxygen atoms in total. The van der Waals surface area contributed by atoms with E-state index in [2.05, 4.69) is 20.3 Å². The zero-order valence-electron chi connectivity index (χ0n) is 14.5. The van der Waals surface area contributed by atoms with Crippen LogP contribution < -0.4 is 14.8 Å². The summed E-state index contributed by atoms with van der Waals surface area (Å²) < 4.78 is 10.6. The Hall–Kier alpha value is -3.35. The lowest BCUT2D eigenvalue weighted by molar-refractivity contribution is 0.0946. The van der Waals surface area contributed by atoms with Crippen LogP contribution in [0.1, 0.15) is 16.1 Å². The summed E-state index contributed by atoms with van der Waals surface area (Å²) in [4.78, 5) is 24.3. The average molecular weight is 350 g/mol. The smallest absolute Gasteiger partial charge is 0.253 e. The minimum Gasteiger partial charge on any atom is -0.493 e. The standard InChI is InChI=1S/C19H18N4O3/c1-25-16-4-3-11(9-17(16)26-2)18-20-7-6-14(23-18)15-10-12-13(22-15)5-8-21-19(12)24/h3-4,6-7,9-10,22H,5,8H2,1-2H3,(H,21,24). The molecule has 2 N–H and O–H groups in total. The fourth-order valence-corrected chi connectivity index (χ4v) is 3.05. The Morgan fingerprint density at radius 2 is 1.92 bits per heavy atom. The first kappa shape index (κ1) is 16.1. The van der Waals surface area contributed by atoms with E-state index in [4.69, 9.17) is 9.47 Å². The number of hydrogen-bond acceptors (Lipinski definition) is 5. The van der Waals surface area contributed by atoms with Gasteiger partial charge >= 0.3 is 0 Å². The van der Waals surface area contributed by atoms with Gasteiger partial charge in [0.15, 0.2) is 17.3 Å². The second-order valence-electron chi connectivity index (χ2n) is 5.92. The zero-order valence-corrected chi connectivity index (χ0v) is 14.5. The number of ether oxygens (including phenoxy) is 2. The monoisotopic (exact) mass is 350 g/mol. The lowest BCUT2D eigenvalue weighted by Crippen LogP contribution is -2.31. The summed E-state index contributed by atoms with van der Waals surface area (Å²) in [6.45, 7) is 0.645. The van der Waals surface area contributed by atoms with E-state index < -0.39 is 0 Å². The Labute approximate surface area is 150 Å². The Morgan fingerprint density at radius 3 is 2.69 bits per heavy atom. The molecule has 0 saturated heterocycles. The molecule has 2 aromatic heterocycles. The molecule has 0 spiro atoms. The molecule has 132 valence electrons. The molecule has 26 heavy (non-hydrogen) atoms. The number of rotatable bonds is 4. The number of nitrogens with one attached hydrogen (secondary N) is 2. The number of carbonyl (C=O) groups is 1. The minimum absolute atomic E-state index is 0.0529. The number of fused-ring (bicyclic) bond motifs is 1. The number of benzene rings is 1. The van der Waals surface area contributed by atoms with Crippen LogP contribution in [0.25, 0.3) is 22.8 Å². The van der Waals surface area contributed by atoms with Gasteiger partial charge in [-0.25, -0.2) is 9.97 Å². The molecule has 0 atom stereocenters. The van der Waals surface area contributed by atoms with Crippen molar-refractivity contribution in [3.8, 4) is 34.3 Å². The van der Waals surface area contributed by atoms with Crippen LogP contribution in [0.2, 0.25) is 0 Å². The summed E-state index contributed by atoms with van der Waals surface area (Å²) in [6.07, 6.45) is 2.49. The first-order valence-electron chi connectivity index (χ1n) is 8.25. The largest absolute Gasteiger partial charge is 0.493 e. The van der Waals surface area contributed by atoms with E-state index >= 15 is 0 Å². The minimum atomic E-state index is -0.0529. The number of H-pyrrole nitrogens is 1. The molecule has 0 unspecified atom stereocenters. The van der Waals surface area contributed by atoms with E-state index in [0.29, 0.717) is 29.4 Å².